The highest BCUT2D eigenvalue weighted by molar-refractivity contribution is 6.08. The Labute approximate surface area is 291 Å². The molecule has 2 aliphatic heterocycles. The summed E-state index contributed by atoms with van der Waals surface area (Å²) in [6, 6.07) is 12.0. The van der Waals surface area contributed by atoms with Crippen LogP contribution in [0.4, 0.5) is 16.2 Å². The first kappa shape index (κ1) is 36.4. The van der Waals surface area contributed by atoms with Gasteiger partial charge < -0.3 is 19.4 Å². The van der Waals surface area contributed by atoms with Crippen molar-refractivity contribution >= 4 is 40.1 Å². The molecule has 2 saturated heterocycles. The molecule has 3 heterocycles. The smallest absolute Gasteiger partial charge is 0.412 e. The zero-order chi connectivity index (χ0) is 35.7. The van der Waals surface area contributed by atoms with Crippen LogP contribution in [-0.4, -0.2) is 77.6 Å². The van der Waals surface area contributed by atoms with E-state index in [1.807, 2.05) is 41.9 Å². The molecule has 1 atom stereocenters. The minimum atomic E-state index is -0.674. The first-order chi connectivity index (χ1) is 23.0. The van der Waals surface area contributed by atoms with Gasteiger partial charge in [-0.1, -0.05) is 39.0 Å². The fourth-order valence-electron chi connectivity index (χ4n) is 7.24. The molecule has 49 heavy (non-hydrogen) atoms. The second-order valence-electron chi connectivity index (χ2n) is 15.9. The molecule has 2 amide bonds. The van der Waals surface area contributed by atoms with E-state index in [9.17, 15) is 14.4 Å². The standard InChI is InChI=1S/C39H55N5O5/c1-38(2,3)28-22-29(35(48-9)30(23-28)41-37(47)49-39(4,5)6)40-36(46)32-21-26-12-10-13-27(34(26)43(32)8)24-44-18-15-25(16-19-44)20-33(45)31-14-11-17-42(31)7/h10,12-13,21-23,25,31H,11,14-20,24H2,1-9H3,(H,40,46)(H,41,47). The molecular weight excluding hydrogens is 618 g/mol. The van der Waals surface area contributed by atoms with E-state index >= 15 is 0 Å². The van der Waals surface area contributed by atoms with E-state index in [1.165, 1.54) is 7.11 Å². The number of hydrogen-bond donors (Lipinski definition) is 2. The molecule has 0 radical (unpaired) electrons. The normalized spacial score (nSPS) is 18.1. The minimum absolute atomic E-state index is 0.110. The average Bonchev–Trinajstić information content (AvgIpc) is 3.60. The lowest BCUT2D eigenvalue weighted by molar-refractivity contribution is -0.124. The Morgan fingerprint density at radius 3 is 2.16 bits per heavy atom. The molecule has 0 aliphatic carbocycles. The number of hydrogen-bond acceptors (Lipinski definition) is 7. The molecule has 2 N–H and O–H groups in total. The number of likely N-dealkylation sites (tertiary alicyclic amines) is 2. The summed E-state index contributed by atoms with van der Waals surface area (Å²) in [6.07, 6.45) is 4.25. The maximum atomic E-state index is 14.0. The van der Waals surface area contributed by atoms with E-state index < -0.39 is 11.7 Å². The monoisotopic (exact) mass is 673 g/mol. The molecule has 266 valence electrons. The Bertz CT molecular complexity index is 1690. The number of amides is 2. The third-order valence-electron chi connectivity index (χ3n) is 9.90. The largest absolute Gasteiger partial charge is 0.492 e. The summed E-state index contributed by atoms with van der Waals surface area (Å²) in [7, 11) is 5.51. The van der Waals surface area contributed by atoms with Crippen LogP contribution in [0.25, 0.3) is 10.9 Å². The van der Waals surface area contributed by atoms with Gasteiger partial charge in [0.05, 0.1) is 30.0 Å². The summed E-state index contributed by atoms with van der Waals surface area (Å²) >= 11 is 0. The predicted octanol–water partition coefficient (Wildman–Crippen LogP) is 7.35. The van der Waals surface area contributed by atoms with E-state index in [0.717, 1.165) is 73.9 Å². The number of piperidine rings is 1. The van der Waals surface area contributed by atoms with E-state index in [-0.39, 0.29) is 17.4 Å². The second kappa shape index (κ2) is 14.5. The van der Waals surface area contributed by atoms with Gasteiger partial charge in [-0.2, -0.15) is 0 Å². The van der Waals surface area contributed by atoms with Crippen LogP contribution in [0.2, 0.25) is 0 Å². The van der Waals surface area contributed by atoms with Gasteiger partial charge in [0.25, 0.3) is 5.91 Å². The maximum Gasteiger partial charge on any atom is 0.412 e. The van der Waals surface area contributed by atoms with Crippen molar-refractivity contribution in [3.8, 4) is 5.75 Å². The fourth-order valence-corrected chi connectivity index (χ4v) is 7.24. The third-order valence-corrected chi connectivity index (χ3v) is 9.90. The van der Waals surface area contributed by atoms with Gasteiger partial charge in [0.2, 0.25) is 0 Å². The number of carbonyl (C=O) groups is 3. The molecular formula is C39H55N5O5. The van der Waals surface area contributed by atoms with Crippen LogP contribution in [0.15, 0.2) is 36.4 Å². The number of methoxy groups -OCH3 is 1. The zero-order valence-corrected chi connectivity index (χ0v) is 30.9. The number of anilines is 2. The van der Waals surface area contributed by atoms with Gasteiger partial charge >= 0.3 is 6.09 Å². The minimum Gasteiger partial charge on any atom is -0.492 e. The lowest BCUT2D eigenvalue weighted by Crippen LogP contribution is -2.37. The summed E-state index contributed by atoms with van der Waals surface area (Å²) in [6.45, 7) is 15.3. The fraction of sp³-hybridized carbons (Fsp3) is 0.564. The number of benzene rings is 2. The molecule has 10 nitrogen and oxygen atoms in total. The van der Waals surface area contributed by atoms with Crippen LogP contribution in [0, 0.1) is 5.92 Å². The number of aryl methyl sites for hydroxylation is 1. The average molecular weight is 674 g/mol. The van der Waals surface area contributed by atoms with Crippen molar-refractivity contribution in [2.75, 3.05) is 44.4 Å². The highest BCUT2D eigenvalue weighted by Gasteiger charge is 2.31. The van der Waals surface area contributed by atoms with Crippen molar-refractivity contribution in [1.29, 1.82) is 0 Å². The molecule has 2 aromatic carbocycles. The third kappa shape index (κ3) is 8.65. The Balaban J connectivity index is 1.33. The molecule has 1 unspecified atom stereocenters. The molecule has 0 spiro atoms. The van der Waals surface area contributed by atoms with E-state index in [2.05, 4.69) is 54.3 Å². The van der Waals surface area contributed by atoms with Crippen molar-refractivity contribution in [3.63, 3.8) is 0 Å². The summed E-state index contributed by atoms with van der Waals surface area (Å²) in [4.78, 5) is 44.3. The number of likely N-dealkylation sites (N-methyl/N-ethyl adjacent to an activating group) is 1. The lowest BCUT2D eigenvalue weighted by atomic mass is 9.86. The van der Waals surface area contributed by atoms with E-state index in [1.54, 1.807) is 20.8 Å². The van der Waals surface area contributed by atoms with Crippen molar-refractivity contribution in [1.82, 2.24) is 14.4 Å². The Morgan fingerprint density at radius 2 is 1.57 bits per heavy atom. The summed E-state index contributed by atoms with van der Waals surface area (Å²) < 4.78 is 13.2. The lowest BCUT2D eigenvalue weighted by Gasteiger charge is -2.32. The maximum absolute atomic E-state index is 14.0. The SMILES string of the molecule is COc1c(NC(=O)OC(C)(C)C)cc(C(C)(C)C)cc1NC(=O)c1cc2cccc(CN3CCC(CC(=O)C4CCCN4C)CC3)c2n1C. The van der Waals surface area contributed by atoms with Gasteiger partial charge in [0, 0.05) is 25.4 Å². The molecule has 2 fully saturated rings. The number of ketones is 1. The number of Topliss-reactive ketones (excluding diaryl/α,β-unsaturated/α-hetero) is 1. The topological polar surface area (TPSA) is 105 Å². The van der Waals surface area contributed by atoms with Crippen molar-refractivity contribution < 1.29 is 23.9 Å². The molecule has 0 saturated carbocycles. The quantitative estimate of drug-likeness (QED) is 0.245. The van der Waals surface area contributed by atoms with Gasteiger partial charge in [0.1, 0.15) is 17.1 Å². The highest BCUT2D eigenvalue weighted by atomic mass is 16.6. The summed E-state index contributed by atoms with van der Waals surface area (Å²) in [5.41, 5.74) is 3.53. The molecule has 0 bridgehead atoms. The van der Waals surface area contributed by atoms with Crippen LogP contribution < -0.4 is 15.4 Å². The second-order valence-corrected chi connectivity index (χ2v) is 15.9. The number of rotatable bonds is 9. The molecule has 2 aliphatic rings. The number of nitrogens with zero attached hydrogens (tertiary/aromatic N) is 3. The number of para-hydroxylation sites is 1. The number of fused-ring (bicyclic) bond motifs is 1. The van der Waals surface area contributed by atoms with Crippen LogP contribution in [0.5, 0.6) is 5.75 Å². The van der Waals surface area contributed by atoms with Crippen LogP contribution in [-0.2, 0) is 28.5 Å². The number of aromatic nitrogens is 1. The van der Waals surface area contributed by atoms with Crippen molar-refractivity contribution in [3.05, 3.63) is 53.2 Å². The molecule has 10 heteroatoms. The molecule has 1 aromatic heterocycles. The Hall–Kier alpha value is -3.89. The van der Waals surface area contributed by atoms with Gasteiger partial charge in [-0.3, -0.25) is 24.7 Å². The number of nitrogens with one attached hydrogen (secondary N) is 2. The van der Waals surface area contributed by atoms with Crippen molar-refractivity contribution in [2.24, 2.45) is 13.0 Å². The van der Waals surface area contributed by atoms with Crippen LogP contribution in [0.1, 0.15) is 95.3 Å². The predicted molar refractivity (Wildman–Crippen MR) is 196 cm³/mol. The van der Waals surface area contributed by atoms with E-state index in [0.29, 0.717) is 40.9 Å². The Morgan fingerprint density at radius 1 is 0.898 bits per heavy atom. The zero-order valence-electron chi connectivity index (χ0n) is 30.9. The van der Waals surface area contributed by atoms with Gasteiger partial charge in [-0.25, -0.2) is 4.79 Å². The van der Waals surface area contributed by atoms with Gasteiger partial charge in [-0.15, -0.1) is 0 Å². The van der Waals surface area contributed by atoms with Crippen LogP contribution in [0.3, 0.4) is 0 Å². The van der Waals surface area contributed by atoms with Crippen LogP contribution >= 0.6 is 0 Å². The summed E-state index contributed by atoms with van der Waals surface area (Å²) in [5.74, 6) is 0.922. The van der Waals surface area contributed by atoms with E-state index in [4.69, 9.17) is 9.47 Å². The van der Waals surface area contributed by atoms with Gasteiger partial charge in [0.15, 0.2) is 5.75 Å². The molecule has 5 rings (SSSR count). The first-order valence-corrected chi connectivity index (χ1v) is 17.6. The highest BCUT2D eigenvalue weighted by Crippen LogP contribution is 2.39. The Kier molecular flexibility index (Phi) is 10.8. The van der Waals surface area contributed by atoms with Gasteiger partial charge in [-0.05, 0) is 114 Å². The molecule has 3 aromatic rings. The number of ether oxygens (including phenoxy) is 2. The van der Waals surface area contributed by atoms with Crippen molar-refractivity contribution in [2.45, 2.75) is 97.2 Å². The summed E-state index contributed by atoms with van der Waals surface area (Å²) in [5, 5.41) is 6.90. The first-order valence-electron chi connectivity index (χ1n) is 17.6. The number of carbonyl (C=O) groups excluding carboxylic acids is 3.